The Kier molecular flexibility index (Phi) is 150. The molecule has 0 heterocycles. The van der Waals surface area contributed by atoms with Crippen molar-refractivity contribution in [3.8, 4) is 0 Å². The fraction of sp³-hybridized carbons (Fsp3) is 0. The maximum atomic E-state index is 8.56. The van der Waals surface area contributed by atoms with Gasteiger partial charge in [-0.25, -0.2) is 38.4 Å². The molecule has 0 aliphatic rings. The Balaban J connectivity index is -0.0000000180. The third-order valence-corrected chi connectivity index (χ3v) is 0. The molecule has 0 bridgehead atoms. The summed E-state index contributed by atoms with van der Waals surface area (Å²) in [6.45, 7) is 0. The molecule has 0 atom stereocenters. The standard InChI is InChI=1S/8CH2O3.4K.4H/c8*2-1(3)4;;;;;;;;/h8*(H2,2,3,4);;;;;;;;. The third kappa shape index (κ3) is 79200. The maximum absolute atomic E-state index is 8.56. The zero-order chi connectivity index (χ0) is 28.6. The molecule has 0 aliphatic heterocycles. The van der Waals surface area contributed by atoms with E-state index in [9.17, 15) is 0 Å². The molecule has 28 heteroatoms. The molecule has 0 unspecified atom stereocenters. The van der Waals surface area contributed by atoms with Gasteiger partial charge in [-0.1, -0.05) is 0 Å². The van der Waals surface area contributed by atoms with Crippen LogP contribution in [0.2, 0.25) is 0 Å². The van der Waals surface area contributed by atoms with Crippen molar-refractivity contribution in [2.75, 3.05) is 0 Å². The van der Waals surface area contributed by atoms with Crippen molar-refractivity contribution in [1.29, 1.82) is 0 Å². The zero-order valence-electron chi connectivity index (χ0n) is 14.4. The molecule has 0 fully saturated rings. The Labute approximate surface area is 366 Å². The van der Waals surface area contributed by atoms with Crippen LogP contribution in [-0.2, 0) is 0 Å². The van der Waals surface area contributed by atoms with Gasteiger partial charge in [0.05, 0.1) is 0 Å². The van der Waals surface area contributed by atoms with E-state index in [1.807, 2.05) is 0 Å². The number of hydrogen-bond donors (Lipinski definition) is 16. The van der Waals surface area contributed by atoms with Crippen LogP contribution in [-0.4, -0.2) is 336 Å². The van der Waals surface area contributed by atoms with Gasteiger partial charge in [-0.05, 0) is 0 Å². The number of carbonyl (C=O) groups is 8. The number of hydrogen-bond acceptors (Lipinski definition) is 8. The van der Waals surface area contributed by atoms with Gasteiger partial charge in [0.25, 0.3) is 0 Å². The molecule has 24 nitrogen and oxygen atoms in total. The van der Waals surface area contributed by atoms with E-state index in [4.69, 9.17) is 120 Å². The Morgan fingerprint density at radius 1 is 0.194 bits per heavy atom. The van der Waals surface area contributed by atoms with E-state index in [-0.39, 0.29) is 206 Å². The van der Waals surface area contributed by atoms with Gasteiger partial charge in [-0.2, -0.15) is 0 Å². The minimum absolute atomic E-state index is 0. The second-order valence-corrected chi connectivity index (χ2v) is 2.26. The van der Waals surface area contributed by atoms with Gasteiger partial charge >= 0.3 is 255 Å². The summed E-state index contributed by atoms with van der Waals surface area (Å²) in [5.41, 5.74) is 0. The van der Waals surface area contributed by atoms with E-state index in [0.717, 1.165) is 0 Å². The van der Waals surface area contributed by atoms with Gasteiger partial charge in [-0.15, -0.1) is 0 Å². The van der Waals surface area contributed by atoms with E-state index < -0.39 is 49.2 Å². The van der Waals surface area contributed by atoms with Crippen molar-refractivity contribution in [3.05, 3.63) is 0 Å². The molecule has 0 spiro atoms. The van der Waals surface area contributed by atoms with Crippen LogP contribution in [0.25, 0.3) is 0 Å². The van der Waals surface area contributed by atoms with Crippen LogP contribution in [0.5, 0.6) is 0 Å². The Morgan fingerprint density at radius 3 is 0.194 bits per heavy atom. The van der Waals surface area contributed by atoms with Crippen LogP contribution in [0.1, 0.15) is 0 Å². The first-order chi connectivity index (χ1) is 13.9. The molecule has 16 N–H and O–H groups in total. The van der Waals surface area contributed by atoms with Gasteiger partial charge in [0.15, 0.2) is 0 Å². The first-order valence-electron chi connectivity index (χ1n) is 5.21. The Morgan fingerprint density at radius 2 is 0.194 bits per heavy atom. The van der Waals surface area contributed by atoms with E-state index in [1.54, 1.807) is 0 Å². The van der Waals surface area contributed by atoms with Crippen molar-refractivity contribution >= 4 is 255 Å². The normalized spacial score (nSPS) is 5.33. The summed E-state index contributed by atoms with van der Waals surface area (Å²) in [7, 11) is 0. The van der Waals surface area contributed by atoms with Crippen molar-refractivity contribution in [2.45, 2.75) is 0 Å². The quantitative estimate of drug-likeness (QED) is 0.142. The summed E-state index contributed by atoms with van der Waals surface area (Å²) in [6, 6.07) is 0. The number of carboxylic acid groups (broad SMARTS) is 16. The van der Waals surface area contributed by atoms with Crippen LogP contribution < -0.4 is 0 Å². The number of rotatable bonds is 0. The van der Waals surface area contributed by atoms with Gasteiger partial charge in [-0.3, -0.25) is 0 Å². The molecule has 0 saturated carbocycles. The SMILES string of the molecule is O=C(O)O.O=C(O)O.O=C(O)O.O=C(O)O.O=C(O)O.O=C(O)O.O=C(O)O.O=C(O)O.[KH].[KH].[KH].[KH]. The topological polar surface area (TPSA) is 460 Å². The van der Waals surface area contributed by atoms with Crippen LogP contribution in [0.4, 0.5) is 38.4 Å². The molecular weight excluding hydrogens is 636 g/mol. The van der Waals surface area contributed by atoms with Crippen LogP contribution in [0.3, 0.4) is 0 Å². The minimum atomic E-state index is -1.83. The molecule has 0 amide bonds. The molecule has 200 valence electrons. The van der Waals surface area contributed by atoms with Crippen LogP contribution in [0.15, 0.2) is 0 Å². The van der Waals surface area contributed by atoms with E-state index in [2.05, 4.69) is 0 Å². The first kappa shape index (κ1) is 76.7. The molecule has 0 rings (SSSR count). The van der Waals surface area contributed by atoms with Crippen LogP contribution in [0, 0.1) is 0 Å². The molecule has 0 aromatic carbocycles. The summed E-state index contributed by atoms with van der Waals surface area (Å²) in [4.78, 5) is 68.4. The molecule has 0 aromatic heterocycles. The second-order valence-electron chi connectivity index (χ2n) is 2.26. The van der Waals surface area contributed by atoms with Crippen molar-refractivity contribution in [2.24, 2.45) is 0 Å². The molecule has 0 aromatic rings. The average molecular weight is 657 g/mol. The van der Waals surface area contributed by atoms with Gasteiger partial charge in [0, 0.05) is 0 Å². The van der Waals surface area contributed by atoms with Crippen molar-refractivity contribution in [3.63, 3.8) is 0 Å². The molecule has 0 aliphatic carbocycles. The van der Waals surface area contributed by atoms with Crippen molar-refractivity contribution in [1.82, 2.24) is 0 Å². The Hall–Kier alpha value is 0.705. The van der Waals surface area contributed by atoms with Gasteiger partial charge in [0.1, 0.15) is 0 Å². The molecular formula is C8H20K4O24. The summed E-state index contributed by atoms with van der Waals surface area (Å²) < 4.78 is 0. The fourth-order valence-electron chi connectivity index (χ4n) is 0. The third-order valence-electron chi connectivity index (χ3n) is 0. The summed E-state index contributed by atoms with van der Waals surface area (Å²) in [5.74, 6) is 0. The predicted octanol–water partition coefficient (Wildman–Crippen LogP) is -0.815. The second kappa shape index (κ2) is 70.5. The molecule has 0 saturated heterocycles. The predicted molar refractivity (Wildman–Crippen MR) is 114 cm³/mol. The average Bonchev–Trinajstić information content (AvgIpc) is 2.30. The Bertz CT molecular complexity index is 372. The monoisotopic (exact) mass is 656 g/mol. The first-order valence-corrected chi connectivity index (χ1v) is 5.21. The van der Waals surface area contributed by atoms with E-state index in [0.29, 0.717) is 0 Å². The van der Waals surface area contributed by atoms with Gasteiger partial charge in [0.2, 0.25) is 0 Å². The van der Waals surface area contributed by atoms with E-state index >= 15 is 0 Å². The summed E-state index contributed by atoms with van der Waals surface area (Å²) in [6.07, 6.45) is -14.7. The zero-order valence-corrected chi connectivity index (χ0v) is 14.4. The van der Waals surface area contributed by atoms with Gasteiger partial charge < -0.3 is 81.7 Å². The van der Waals surface area contributed by atoms with Crippen LogP contribution >= 0.6 is 0 Å². The molecule has 0 radical (unpaired) electrons. The van der Waals surface area contributed by atoms with E-state index in [1.165, 1.54) is 0 Å². The molecule has 36 heavy (non-hydrogen) atoms. The van der Waals surface area contributed by atoms with Crippen molar-refractivity contribution < 1.29 is 120 Å². The summed E-state index contributed by atoms with van der Waals surface area (Å²) >= 11 is 0. The summed E-state index contributed by atoms with van der Waals surface area (Å²) in [5, 5.41) is 112. The fourth-order valence-corrected chi connectivity index (χ4v) is 0.